The van der Waals surface area contributed by atoms with Crippen LogP contribution in [-0.4, -0.2) is 48.2 Å². The van der Waals surface area contributed by atoms with E-state index in [1.54, 1.807) is 14.0 Å². The van der Waals surface area contributed by atoms with E-state index in [0.29, 0.717) is 23.7 Å². The minimum Gasteiger partial charge on any atom is -0.383 e. The van der Waals surface area contributed by atoms with Gasteiger partial charge in [0.05, 0.1) is 18.8 Å². The molecule has 0 spiro atoms. The number of aromatic nitrogens is 2. The highest BCUT2D eigenvalue weighted by Gasteiger charge is 2.16. The van der Waals surface area contributed by atoms with Crippen LogP contribution in [0, 0.1) is 6.92 Å². The number of hydrogen-bond donors (Lipinski definition) is 2. The molecule has 0 bridgehead atoms. The van der Waals surface area contributed by atoms with Crippen molar-refractivity contribution < 1.29 is 14.3 Å². The van der Waals surface area contributed by atoms with Crippen molar-refractivity contribution in [3.05, 3.63) is 35.1 Å². The first-order valence-corrected chi connectivity index (χ1v) is 7.58. The Bertz CT molecular complexity index is 637. The number of carbonyl (C=O) groups excluding carboxylic acids is 2. The fraction of sp³-hybridized carbons (Fsp3) is 0.357. The summed E-state index contributed by atoms with van der Waals surface area (Å²) in [7, 11) is 1.56. The Labute approximate surface area is 132 Å². The van der Waals surface area contributed by atoms with Crippen LogP contribution in [0.4, 0.5) is 0 Å². The summed E-state index contributed by atoms with van der Waals surface area (Å²) < 4.78 is 6.67. The van der Waals surface area contributed by atoms with Crippen LogP contribution in [0.3, 0.4) is 0 Å². The zero-order valence-corrected chi connectivity index (χ0v) is 13.3. The molecule has 0 aromatic carbocycles. The molecule has 118 valence electrons. The molecule has 2 N–H and O–H groups in total. The Morgan fingerprint density at radius 2 is 2.05 bits per heavy atom. The molecule has 0 unspecified atom stereocenters. The molecule has 0 fully saturated rings. The molecule has 2 rings (SSSR count). The summed E-state index contributed by atoms with van der Waals surface area (Å²) in [6.07, 6.45) is 3.73. The number of thiazole rings is 1. The van der Waals surface area contributed by atoms with Crippen molar-refractivity contribution in [2.45, 2.75) is 6.92 Å². The predicted molar refractivity (Wildman–Crippen MR) is 83.4 cm³/mol. The monoisotopic (exact) mass is 322 g/mol. The molecule has 7 nitrogen and oxygen atoms in total. The fourth-order valence-corrected chi connectivity index (χ4v) is 2.71. The van der Waals surface area contributed by atoms with Crippen LogP contribution in [0.2, 0.25) is 0 Å². The average molecular weight is 322 g/mol. The zero-order valence-electron chi connectivity index (χ0n) is 12.5. The van der Waals surface area contributed by atoms with Gasteiger partial charge in [0.2, 0.25) is 5.91 Å². The van der Waals surface area contributed by atoms with E-state index in [9.17, 15) is 9.59 Å². The maximum Gasteiger partial charge on any atom is 0.263 e. The standard InChI is InChI=1S/C14H18N4O3S/c1-10-12(22-14(17-10)18-6-3-4-7-18)13(20)16-9-11(19)15-5-8-21-2/h3-4,6-7H,5,8-9H2,1-2H3,(H,15,19)(H,16,20). The average Bonchev–Trinajstić information content (AvgIpc) is 3.14. The van der Waals surface area contributed by atoms with Gasteiger partial charge in [0.25, 0.3) is 5.91 Å². The Morgan fingerprint density at radius 1 is 1.32 bits per heavy atom. The van der Waals surface area contributed by atoms with Gasteiger partial charge >= 0.3 is 0 Å². The molecule has 2 amide bonds. The number of methoxy groups -OCH3 is 1. The first kappa shape index (κ1) is 16.2. The van der Waals surface area contributed by atoms with E-state index in [2.05, 4.69) is 15.6 Å². The second-order valence-corrected chi connectivity index (χ2v) is 5.50. The van der Waals surface area contributed by atoms with Crippen LogP contribution in [0.1, 0.15) is 15.4 Å². The number of aryl methyl sites for hydroxylation is 1. The molecule has 0 saturated carbocycles. The van der Waals surface area contributed by atoms with E-state index in [1.165, 1.54) is 11.3 Å². The van der Waals surface area contributed by atoms with Gasteiger partial charge in [-0.15, -0.1) is 0 Å². The van der Waals surface area contributed by atoms with Crippen LogP contribution in [0.15, 0.2) is 24.5 Å². The predicted octanol–water partition coefficient (Wildman–Crippen LogP) is 0.735. The molecule has 22 heavy (non-hydrogen) atoms. The summed E-state index contributed by atoms with van der Waals surface area (Å²) in [5.41, 5.74) is 0.644. The molecule has 2 aromatic rings. The van der Waals surface area contributed by atoms with Gasteiger partial charge in [0.15, 0.2) is 5.13 Å². The number of hydrogen-bond acceptors (Lipinski definition) is 5. The molecule has 0 saturated heterocycles. The second-order valence-electron chi connectivity index (χ2n) is 4.53. The Hall–Kier alpha value is -2.19. The SMILES string of the molecule is COCCNC(=O)CNC(=O)c1sc(-n2cccc2)nc1C. The Balaban J connectivity index is 1.91. The minimum absolute atomic E-state index is 0.0707. The zero-order chi connectivity index (χ0) is 15.9. The van der Waals surface area contributed by atoms with Crippen LogP contribution in [0.25, 0.3) is 5.13 Å². The van der Waals surface area contributed by atoms with Gasteiger partial charge in [0, 0.05) is 26.0 Å². The van der Waals surface area contributed by atoms with Crippen LogP contribution >= 0.6 is 11.3 Å². The third-order valence-corrected chi connectivity index (χ3v) is 4.02. The summed E-state index contributed by atoms with van der Waals surface area (Å²) in [5.74, 6) is -0.548. The van der Waals surface area contributed by atoms with Crippen LogP contribution in [0.5, 0.6) is 0 Å². The highest BCUT2D eigenvalue weighted by Crippen LogP contribution is 2.21. The van der Waals surface area contributed by atoms with E-state index < -0.39 is 0 Å². The summed E-state index contributed by atoms with van der Waals surface area (Å²) in [6, 6.07) is 3.78. The molecule has 0 aliphatic rings. The van der Waals surface area contributed by atoms with E-state index in [1.807, 2.05) is 29.1 Å². The fourth-order valence-electron chi connectivity index (χ4n) is 1.76. The van der Waals surface area contributed by atoms with Gasteiger partial charge < -0.3 is 19.9 Å². The number of nitrogens with zero attached hydrogens (tertiary/aromatic N) is 2. The molecule has 2 heterocycles. The third kappa shape index (κ3) is 4.15. The number of rotatable bonds is 7. The first-order valence-electron chi connectivity index (χ1n) is 6.76. The summed E-state index contributed by atoms with van der Waals surface area (Å²) in [5, 5.41) is 5.95. The van der Waals surface area contributed by atoms with Crippen molar-refractivity contribution in [1.82, 2.24) is 20.2 Å². The molecule has 0 atom stereocenters. The van der Waals surface area contributed by atoms with E-state index in [0.717, 1.165) is 5.13 Å². The minimum atomic E-state index is -0.296. The molecular formula is C14H18N4O3S. The summed E-state index contributed by atoms with van der Waals surface area (Å²) in [6.45, 7) is 2.56. The topological polar surface area (TPSA) is 85.3 Å². The second kappa shape index (κ2) is 7.71. The van der Waals surface area contributed by atoms with Crippen molar-refractivity contribution >= 4 is 23.2 Å². The van der Waals surface area contributed by atoms with Gasteiger partial charge in [-0.3, -0.25) is 9.59 Å². The van der Waals surface area contributed by atoms with Crippen molar-refractivity contribution in [3.63, 3.8) is 0 Å². The molecule has 0 aliphatic heterocycles. The maximum atomic E-state index is 12.1. The molecular weight excluding hydrogens is 304 g/mol. The molecule has 0 radical (unpaired) electrons. The quantitative estimate of drug-likeness (QED) is 0.736. The van der Waals surface area contributed by atoms with E-state index in [-0.39, 0.29) is 18.4 Å². The normalized spacial score (nSPS) is 10.5. The summed E-state index contributed by atoms with van der Waals surface area (Å²) in [4.78, 5) is 28.5. The van der Waals surface area contributed by atoms with Gasteiger partial charge in [-0.2, -0.15) is 0 Å². The third-order valence-electron chi connectivity index (χ3n) is 2.85. The lowest BCUT2D eigenvalue weighted by atomic mass is 10.3. The smallest absolute Gasteiger partial charge is 0.263 e. The summed E-state index contributed by atoms with van der Waals surface area (Å²) >= 11 is 1.29. The van der Waals surface area contributed by atoms with Gasteiger partial charge in [-0.25, -0.2) is 4.98 Å². The Kier molecular flexibility index (Phi) is 5.68. The highest BCUT2D eigenvalue weighted by molar-refractivity contribution is 7.16. The number of ether oxygens (including phenoxy) is 1. The maximum absolute atomic E-state index is 12.1. The number of carbonyl (C=O) groups is 2. The van der Waals surface area contributed by atoms with Crippen molar-refractivity contribution in [1.29, 1.82) is 0 Å². The van der Waals surface area contributed by atoms with Crippen molar-refractivity contribution in [2.24, 2.45) is 0 Å². The van der Waals surface area contributed by atoms with Gasteiger partial charge in [-0.05, 0) is 19.1 Å². The van der Waals surface area contributed by atoms with Crippen LogP contribution < -0.4 is 10.6 Å². The lowest BCUT2D eigenvalue weighted by molar-refractivity contribution is -0.120. The highest BCUT2D eigenvalue weighted by atomic mass is 32.1. The van der Waals surface area contributed by atoms with Gasteiger partial charge in [-0.1, -0.05) is 11.3 Å². The lowest BCUT2D eigenvalue weighted by Gasteiger charge is -2.05. The van der Waals surface area contributed by atoms with Crippen molar-refractivity contribution in [3.8, 4) is 5.13 Å². The molecule has 0 aliphatic carbocycles. The van der Waals surface area contributed by atoms with Crippen LogP contribution in [-0.2, 0) is 9.53 Å². The van der Waals surface area contributed by atoms with E-state index >= 15 is 0 Å². The van der Waals surface area contributed by atoms with E-state index in [4.69, 9.17) is 4.74 Å². The molecule has 2 aromatic heterocycles. The molecule has 8 heteroatoms. The number of nitrogens with one attached hydrogen (secondary N) is 2. The lowest BCUT2D eigenvalue weighted by Crippen LogP contribution is -2.38. The first-order chi connectivity index (χ1) is 10.6. The van der Waals surface area contributed by atoms with Crippen molar-refractivity contribution in [2.75, 3.05) is 26.8 Å². The number of amides is 2. The Morgan fingerprint density at radius 3 is 2.73 bits per heavy atom. The largest absolute Gasteiger partial charge is 0.383 e. The van der Waals surface area contributed by atoms with Gasteiger partial charge in [0.1, 0.15) is 4.88 Å².